The van der Waals surface area contributed by atoms with Crippen LogP contribution in [0.3, 0.4) is 0 Å². The van der Waals surface area contributed by atoms with Crippen molar-refractivity contribution >= 4 is 23.3 Å². The first-order chi connectivity index (χ1) is 12.6. The molecule has 2 saturated carbocycles. The lowest BCUT2D eigenvalue weighted by Gasteiger charge is -2.30. The minimum atomic E-state index is -1.22. The lowest BCUT2D eigenvalue weighted by molar-refractivity contribution is -0.145. The number of anilines is 1. The molecule has 1 heterocycles. The van der Waals surface area contributed by atoms with Crippen LogP contribution in [0, 0.1) is 11.8 Å². The van der Waals surface area contributed by atoms with Crippen molar-refractivity contribution in [2.75, 3.05) is 5.32 Å². The van der Waals surface area contributed by atoms with Gasteiger partial charge in [0.05, 0.1) is 0 Å². The van der Waals surface area contributed by atoms with Crippen LogP contribution in [0.2, 0.25) is 0 Å². The Morgan fingerprint density at radius 1 is 0.923 bits per heavy atom. The molecule has 1 aromatic carbocycles. The number of hydrogen-bond donors (Lipinski definition) is 2. The van der Waals surface area contributed by atoms with Crippen LogP contribution in [0.15, 0.2) is 24.3 Å². The summed E-state index contributed by atoms with van der Waals surface area (Å²) < 4.78 is 0. The molecule has 138 valence electrons. The van der Waals surface area contributed by atoms with Gasteiger partial charge in [0.15, 0.2) is 11.7 Å². The van der Waals surface area contributed by atoms with Gasteiger partial charge in [-0.3, -0.25) is 14.4 Å². The molecule has 2 amide bonds. The number of rotatable bonds is 3. The smallest absolute Gasteiger partial charge is 0.244 e. The molecule has 0 bridgehead atoms. The zero-order chi connectivity index (χ0) is 18.1. The standard InChI is InChI=1S/C21H26N2O3/c24-19-16-7-4-8-17(16)23-21(26)18(19)20(25)22-15-11-9-14(10-12-15)13-5-2-1-3-6-13/h9-13,16-18H,1-8H2,(H,22,25)(H,23,26)/t16-,17+,18?/m0/s1. The molecule has 5 nitrogen and oxygen atoms in total. The van der Waals surface area contributed by atoms with E-state index in [1.807, 2.05) is 12.1 Å². The van der Waals surface area contributed by atoms with Crippen molar-refractivity contribution < 1.29 is 14.4 Å². The van der Waals surface area contributed by atoms with E-state index in [1.165, 1.54) is 37.7 Å². The van der Waals surface area contributed by atoms with Gasteiger partial charge in [-0.1, -0.05) is 37.8 Å². The molecule has 1 aliphatic heterocycles. The van der Waals surface area contributed by atoms with Crippen LogP contribution in [0.25, 0.3) is 0 Å². The summed E-state index contributed by atoms with van der Waals surface area (Å²) in [6, 6.07) is 7.80. The minimum Gasteiger partial charge on any atom is -0.352 e. The van der Waals surface area contributed by atoms with Crippen molar-refractivity contribution in [2.24, 2.45) is 11.8 Å². The number of benzene rings is 1. The van der Waals surface area contributed by atoms with Crippen LogP contribution in [-0.4, -0.2) is 23.6 Å². The van der Waals surface area contributed by atoms with Gasteiger partial charge in [0.1, 0.15) is 0 Å². The van der Waals surface area contributed by atoms with E-state index in [-0.39, 0.29) is 17.7 Å². The van der Waals surface area contributed by atoms with Gasteiger partial charge in [0, 0.05) is 17.6 Å². The summed E-state index contributed by atoms with van der Waals surface area (Å²) in [4.78, 5) is 37.4. The van der Waals surface area contributed by atoms with E-state index in [0.29, 0.717) is 11.6 Å². The topological polar surface area (TPSA) is 75.3 Å². The largest absolute Gasteiger partial charge is 0.352 e. The van der Waals surface area contributed by atoms with Crippen molar-refractivity contribution in [1.82, 2.24) is 5.32 Å². The Morgan fingerprint density at radius 3 is 2.38 bits per heavy atom. The first-order valence-electron chi connectivity index (χ1n) is 9.88. The van der Waals surface area contributed by atoms with E-state index < -0.39 is 17.7 Å². The zero-order valence-electron chi connectivity index (χ0n) is 15.0. The van der Waals surface area contributed by atoms with E-state index in [1.54, 1.807) is 0 Å². The number of piperidine rings is 1. The average Bonchev–Trinajstić information content (AvgIpc) is 3.12. The highest BCUT2D eigenvalue weighted by Crippen LogP contribution is 2.34. The number of hydrogen-bond acceptors (Lipinski definition) is 3. The molecule has 1 unspecified atom stereocenters. The van der Waals surface area contributed by atoms with Crippen molar-refractivity contribution in [3.63, 3.8) is 0 Å². The average molecular weight is 354 g/mol. The number of carbonyl (C=O) groups is 3. The predicted molar refractivity (Wildman–Crippen MR) is 98.7 cm³/mol. The summed E-state index contributed by atoms with van der Waals surface area (Å²) in [5.74, 6) is -1.98. The van der Waals surface area contributed by atoms with Gasteiger partial charge in [-0.2, -0.15) is 0 Å². The first-order valence-corrected chi connectivity index (χ1v) is 9.88. The Morgan fingerprint density at radius 2 is 1.65 bits per heavy atom. The summed E-state index contributed by atoms with van der Waals surface area (Å²) in [7, 11) is 0. The maximum absolute atomic E-state index is 12.6. The van der Waals surface area contributed by atoms with Gasteiger partial charge in [-0.15, -0.1) is 0 Å². The molecule has 0 spiro atoms. The summed E-state index contributed by atoms with van der Waals surface area (Å²) >= 11 is 0. The Kier molecular flexibility index (Phi) is 4.79. The molecule has 4 rings (SSSR count). The van der Waals surface area contributed by atoms with Crippen LogP contribution in [0.1, 0.15) is 62.8 Å². The fourth-order valence-electron chi connectivity index (χ4n) is 4.82. The molecule has 1 saturated heterocycles. The maximum Gasteiger partial charge on any atom is 0.244 e. The zero-order valence-corrected chi connectivity index (χ0v) is 15.0. The van der Waals surface area contributed by atoms with Crippen molar-refractivity contribution in [3.8, 4) is 0 Å². The second kappa shape index (κ2) is 7.22. The van der Waals surface area contributed by atoms with Crippen molar-refractivity contribution in [1.29, 1.82) is 0 Å². The summed E-state index contributed by atoms with van der Waals surface area (Å²) in [6.07, 6.45) is 8.87. The highest BCUT2D eigenvalue weighted by Gasteiger charge is 2.48. The van der Waals surface area contributed by atoms with E-state index in [0.717, 1.165) is 19.3 Å². The molecule has 3 fully saturated rings. The van der Waals surface area contributed by atoms with E-state index in [4.69, 9.17) is 0 Å². The van der Waals surface area contributed by atoms with Gasteiger partial charge in [0.2, 0.25) is 11.8 Å². The second-order valence-electron chi connectivity index (χ2n) is 7.93. The van der Waals surface area contributed by atoms with Gasteiger partial charge in [-0.25, -0.2) is 0 Å². The molecule has 2 aliphatic carbocycles. The third-order valence-electron chi connectivity index (χ3n) is 6.27. The minimum absolute atomic E-state index is 0.0752. The Hall–Kier alpha value is -2.17. The molecule has 3 atom stereocenters. The molecule has 5 heteroatoms. The summed E-state index contributed by atoms with van der Waals surface area (Å²) in [5, 5.41) is 5.62. The van der Waals surface area contributed by atoms with Crippen LogP contribution in [-0.2, 0) is 14.4 Å². The summed E-state index contributed by atoms with van der Waals surface area (Å²) in [5.41, 5.74) is 1.95. The Balaban J connectivity index is 1.42. The van der Waals surface area contributed by atoms with Gasteiger partial charge >= 0.3 is 0 Å². The number of carbonyl (C=O) groups excluding carboxylic acids is 3. The molecular formula is C21H26N2O3. The van der Waals surface area contributed by atoms with Crippen molar-refractivity contribution in [2.45, 2.75) is 63.3 Å². The van der Waals surface area contributed by atoms with Gasteiger partial charge in [0.25, 0.3) is 0 Å². The lowest BCUT2D eigenvalue weighted by Crippen LogP contribution is -2.56. The fourth-order valence-corrected chi connectivity index (χ4v) is 4.82. The summed E-state index contributed by atoms with van der Waals surface area (Å²) in [6.45, 7) is 0. The van der Waals surface area contributed by atoms with Crippen LogP contribution in [0.5, 0.6) is 0 Å². The number of amides is 2. The monoisotopic (exact) mass is 354 g/mol. The molecule has 1 aromatic rings. The highest BCUT2D eigenvalue weighted by molar-refractivity contribution is 6.23. The SMILES string of the molecule is O=C(Nc1ccc(C2CCCCC2)cc1)C1C(=O)N[C@@H]2CCC[C@@H]2C1=O. The molecule has 0 radical (unpaired) electrons. The van der Waals surface area contributed by atoms with E-state index >= 15 is 0 Å². The molecular weight excluding hydrogens is 328 g/mol. The highest BCUT2D eigenvalue weighted by atomic mass is 16.2. The van der Waals surface area contributed by atoms with Crippen LogP contribution >= 0.6 is 0 Å². The van der Waals surface area contributed by atoms with E-state index in [2.05, 4.69) is 22.8 Å². The predicted octanol–water partition coefficient (Wildman–Crippen LogP) is 3.16. The molecule has 0 aromatic heterocycles. The first kappa shape index (κ1) is 17.3. The number of nitrogens with one attached hydrogen (secondary N) is 2. The third-order valence-corrected chi connectivity index (χ3v) is 6.27. The number of Topliss-reactive ketones (excluding diaryl/α,β-unsaturated/α-hetero) is 1. The van der Waals surface area contributed by atoms with E-state index in [9.17, 15) is 14.4 Å². The maximum atomic E-state index is 12.6. The fraction of sp³-hybridized carbons (Fsp3) is 0.571. The van der Waals surface area contributed by atoms with Gasteiger partial charge < -0.3 is 10.6 Å². The van der Waals surface area contributed by atoms with Crippen LogP contribution < -0.4 is 10.6 Å². The molecule has 26 heavy (non-hydrogen) atoms. The molecule has 2 N–H and O–H groups in total. The number of ketones is 1. The second-order valence-corrected chi connectivity index (χ2v) is 7.93. The third kappa shape index (κ3) is 3.27. The normalized spacial score (nSPS) is 29.2. The lowest BCUT2D eigenvalue weighted by atomic mass is 9.83. The Bertz CT molecular complexity index is 706. The molecule has 3 aliphatic rings. The quantitative estimate of drug-likeness (QED) is 0.819. The van der Waals surface area contributed by atoms with Crippen LogP contribution in [0.4, 0.5) is 5.69 Å². The Labute approximate surface area is 153 Å². The number of fused-ring (bicyclic) bond motifs is 1. The van der Waals surface area contributed by atoms with Crippen molar-refractivity contribution in [3.05, 3.63) is 29.8 Å². The van der Waals surface area contributed by atoms with Gasteiger partial charge in [-0.05, 0) is 49.3 Å².